The molecule has 5 heteroatoms. The predicted molar refractivity (Wildman–Crippen MR) is 72.0 cm³/mol. The van der Waals surface area contributed by atoms with E-state index < -0.39 is 0 Å². The molecule has 90 valence electrons. The minimum Gasteiger partial charge on any atom is -0.506 e. The van der Waals surface area contributed by atoms with Crippen LogP contribution in [-0.2, 0) is 6.42 Å². The molecule has 0 bridgehead atoms. The molecule has 0 fully saturated rings. The Hall–Kier alpha value is -0.260. The smallest absolute Gasteiger partial charge is 0.150 e. The molecule has 1 aromatic rings. The fraction of sp³-hybridized carbons (Fsp3) is 0.455. The molecule has 1 unspecified atom stereocenters. The number of phenols is 1. The van der Waals surface area contributed by atoms with E-state index in [4.69, 9.17) is 10.5 Å². The van der Waals surface area contributed by atoms with Crippen molar-refractivity contribution >= 4 is 31.9 Å². The minimum absolute atomic E-state index is 0.0538. The summed E-state index contributed by atoms with van der Waals surface area (Å²) in [5, 5.41) is 9.98. The second-order valence-corrected chi connectivity index (χ2v) is 5.23. The number of rotatable bonds is 4. The van der Waals surface area contributed by atoms with E-state index in [1.165, 1.54) is 0 Å². The molecule has 1 atom stereocenters. The summed E-state index contributed by atoms with van der Waals surface area (Å²) in [4.78, 5) is 0. The number of benzene rings is 1. The molecule has 0 saturated carbocycles. The summed E-state index contributed by atoms with van der Waals surface area (Å²) >= 11 is 6.71. The Kier molecular flexibility index (Phi) is 5.08. The molecule has 0 spiro atoms. The van der Waals surface area contributed by atoms with Crippen molar-refractivity contribution in [1.29, 1.82) is 0 Å². The van der Waals surface area contributed by atoms with Gasteiger partial charge in [0.15, 0.2) is 5.75 Å². The van der Waals surface area contributed by atoms with Crippen LogP contribution >= 0.6 is 31.9 Å². The SMILES string of the molecule is CCC(N)Cc1cc(Br)c(OC)c(Br)c1O. The van der Waals surface area contributed by atoms with Crippen LogP contribution in [0.5, 0.6) is 11.5 Å². The highest BCUT2D eigenvalue weighted by atomic mass is 79.9. The molecule has 3 N–H and O–H groups in total. The molecule has 0 saturated heterocycles. The van der Waals surface area contributed by atoms with E-state index in [0.717, 1.165) is 16.5 Å². The van der Waals surface area contributed by atoms with E-state index in [2.05, 4.69) is 31.9 Å². The van der Waals surface area contributed by atoms with Crippen molar-refractivity contribution in [3.8, 4) is 11.5 Å². The van der Waals surface area contributed by atoms with Crippen LogP contribution in [0.4, 0.5) is 0 Å². The van der Waals surface area contributed by atoms with Crippen LogP contribution in [0.25, 0.3) is 0 Å². The first-order valence-electron chi connectivity index (χ1n) is 5.00. The third kappa shape index (κ3) is 2.90. The first kappa shape index (κ1) is 13.8. The Morgan fingerprint density at radius 3 is 2.62 bits per heavy atom. The maximum atomic E-state index is 9.98. The Labute approximate surface area is 112 Å². The summed E-state index contributed by atoms with van der Waals surface area (Å²) in [5.74, 6) is 0.787. The number of methoxy groups -OCH3 is 1. The van der Waals surface area contributed by atoms with Crippen LogP contribution in [-0.4, -0.2) is 18.3 Å². The molecule has 1 aromatic carbocycles. The Morgan fingerprint density at radius 1 is 1.50 bits per heavy atom. The lowest BCUT2D eigenvalue weighted by Crippen LogP contribution is -2.21. The first-order chi connectivity index (χ1) is 7.51. The lowest BCUT2D eigenvalue weighted by atomic mass is 10.0. The van der Waals surface area contributed by atoms with Gasteiger partial charge >= 0.3 is 0 Å². The van der Waals surface area contributed by atoms with Crippen LogP contribution in [0.3, 0.4) is 0 Å². The van der Waals surface area contributed by atoms with Crippen LogP contribution in [0.15, 0.2) is 15.0 Å². The highest BCUT2D eigenvalue weighted by molar-refractivity contribution is 9.11. The number of hydrogen-bond donors (Lipinski definition) is 2. The second kappa shape index (κ2) is 5.89. The summed E-state index contributed by atoms with van der Waals surface area (Å²) in [5.41, 5.74) is 6.69. The molecular formula is C11H15Br2NO2. The van der Waals surface area contributed by atoms with Gasteiger partial charge in [-0.1, -0.05) is 6.92 Å². The third-order valence-corrected chi connectivity index (χ3v) is 3.76. The average molecular weight is 353 g/mol. The van der Waals surface area contributed by atoms with Crippen molar-refractivity contribution in [2.24, 2.45) is 5.73 Å². The molecule has 0 heterocycles. The molecule has 0 aliphatic carbocycles. The van der Waals surface area contributed by atoms with Gasteiger partial charge in [-0.05, 0) is 56.3 Å². The highest BCUT2D eigenvalue weighted by Gasteiger charge is 2.16. The zero-order valence-corrected chi connectivity index (χ0v) is 12.4. The normalized spacial score (nSPS) is 12.6. The molecule has 16 heavy (non-hydrogen) atoms. The Balaban J connectivity index is 3.13. The van der Waals surface area contributed by atoms with Crippen molar-refractivity contribution in [1.82, 2.24) is 0 Å². The quantitative estimate of drug-likeness (QED) is 0.874. The number of aromatic hydroxyl groups is 1. The van der Waals surface area contributed by atoms with Crippen LogP contribution < -0.4 is 10.5 Å². The number of nitrogens with two attached hydrogens (primary N) is 1. The zero-order valence-electron chi connectivity index (χ0n) is 9.26. The molecule has 3 nitrogen and oxygen atoms in total. The first-order valence-corrected chi connectivity index (χ1v) is 6.59. The van der Waals surface area contributed by atoms with Gasteiger partial charge < -0.3 is 15.6 Å². The maximum absolute atomic E-state index is 9.98. The fourth-order valence-electron chi connectivity index (χ4n) is 1.41. The van der Waals surface area contributed by atoms with Crippen molar-refractivity contribution < 1.29 is 9.84 Å². The second-order valence-electron chi connectivity index (χ2n) is 3.59. The standard InChI is InChI=1S/C11H15Br2NO2/c1-3-7(14)4-6-5-8(12)11(16-2)9(13)10(6)15/h5,7,15H,3-4,14H2,1-2H3. The Morgan fingerprint density at radius 2 is 2.12 bits per heavy atom. The lowest BCUT2D eigenvalue weighted by molar-refractivity contribution is 0.399. The average Bonchev–Trinajstić information content (AvgIpc) is 2.26. The highest BCUT2D eigenvalue weighted by Crippen LogP contribution is 2.42. The van der Waals surface area contributed by atoms with Crippen molar-refractivity contribution in [2.75, 3.05) is 7.11 Å². The van der Waals surface area contributed by atoms with E-state index in [-0.39, 0.29) is 11.8 Å². The van der Waals surface area contributed by atoms with Crippen molar-refractivity contribution in [2.45, 2.75) is 25.8 Å². The van der Waals surface area contributed by atoms with E-state index in [0.29, 0.717) is 16.6 Å². The van der Waals surface area contributed by atoms with Crippen molar-refractivity contribution in [3.05, 3.63) is 20.6 Å². The molecule has 0 aliphatic rings. The van der Waals surface area contributed by atoms with E-state index >= 15 is 0 Å². The van der Waals surface area contributed by atoms with Gasteiger partial charge in [0.2, 0.25) is 0 Å². The van der Waals surface area contributed by atoms with Gasteiger partial charge in [-0.3, -0.25) is 0 Å². The van der Waals surface area contributed by atoms with Crippen LogP contribution in [0, 0.1) is 0 Å². The summed E-state index contributed by atoms with van der Waals surface area (Å²) in [6.07, 6.45) is 1.52. The van der Waals surface area contributed by atoms with Gasteiger partial charge in [-0.15, -0.1) is 0 Å². The summed E-state index contributed by atoms with van der Waals surface area (Å²) in [7, 11) is 1.56. The van der Waals surface area contributed by atoms with Crippen LogP contribution in [0.2, 0.25) is 0 Å². The van der Waals surface area contributed by atoms with Crippen LogP contribution in [0.1, 0.15) is 18.9 Å². The minimum atomic E-state index is 0.0538. The van der Waals surface area contributed by atoms with Gasteiger partial charge in [0, 0.05) is 6.04 Å². The summed E-state index contributed by atoms with van der Waals surface area (Å²) in [6, 6.07) is 1.90. The summed E-state index contributed by atoms with van der Waals surface area (Å²) < 4.78 is 6.52. The molecule has 0 radical (unpaired) electrons. The molecule has 0 aromatic heterocycles. The lowest BCUT2D eigenvalue weighted by Gasteiger charge is -2.14. The maximum Gasteiger partial charge on any atom is 0.150 e. The molecule has 1 rings (SSSR count). The van der Waals surface area contributed by atoms with E-state index in [1.54, 1.807) is 7.11 Å². The molecular weight excluding hydrogens is 338 g/mol. The van der Waals surface area contributed by atoms with Gasteiger partial charge in [-0.25, -0.2) is 0 Å². The van der Waals surface area contributed by atoms with Gasteiger partial charge in [-0.2, -0.15) is 0 Å². The molecule has 0 aliphatic heterocycles. The largest absolute Gasteiger partial charge is 0.506 e. The van der Waals surface area contributed by atoms with Crippen molar-refractivity contribution in [3.63, 3.8) is 0 Å². The van der Waals surface area contributed by atoms with E-state index in [1.807, 2.05) is 13.0 Å². The van der Waals surface area contributed by atoms with Gasteiger partial charge in [0.25, 0.3) is 0 Å². The zero-order chi connectivity index (χ0) is 12.3. The Bertz CT molecular complexity index is 383. The van der Waals surface area contributed by atoms with Gasteiger partial charge in [0.1, 0.15) is 10.2 Å². The summed E-state index contributed by atoms with van der Waals surface area (Å²) in [6.45, 7) is 2.02. The van der Waals surface area contributed by atoms with Gasteiger partial charge in [0.05, 0.1) is 11.6 Å². The number of hydrogen-bond acceptors (Lipinski definition) is 3. The fourth-order valence-corrected chi connectivity index (χ4v) is 2.94. The molecule has 0 amide bonds. The number of phenolic OH excluding ortho intramolecular Hbond substituents is 1. The van der Waals surface area contributed by atoms with E-state index in [9.17, 15) is 5.11 Å². The third-order valence-electron chi connectivity index (χ3n) is 2.44. The predicted octanol–water partition coefficient (Wildman–Crippen LogP) is 3.21. The topological polar surface area (TPSA) is 55.5 Å². The number of halogens is 2. The number of ether oxygens (including phenoxy) is 1. The monoisotopic (exact) mass is 351 g/mol.